The first-order valence-corrected chi connectivity index (χ1v) is 8.86. The highest BCUT2D eigenvalue weighted by atomic mass is 31.1. The maximum Gasteiger partial charge on any atom is 0.138 e. The van der Waals surface area contributed by atoms with E-state index in [2.05, 4.69) is 13.0 Å². The van der Waals surface area contributed by atoms with Crippen LogP contribution in [0.15, 0.2) is 18.2 Å². The summed E-state index contributed by atoms with van der Waals surface area (Å²) in [5, 5.41) is 13.8. The average Bonchev–Trinajstić information content (AvgIpc) is 2.59. The summed E-state index contributed by atoms with van der Waals surface area (Å²) in [5.74, 6) is 1.77. The van der Waals surface area contributed by atoms with Gasteiger partial charge < -0.3 is 19.3 Å². The molecule has 0 saturated carbocycles. The fourth-order valence-corrected chi connectivity index (χ4v) is 4.06. The summed E-state index contributed by atoms with van der Waals surface area (Å²) < 4.78 is 16.2. The smallest absolute Gasteiger partial charge is 0.138 e. The summed E-state index contributed by atoms with van der Waals surface area (Å²) in [7, 11) is 5.24. The van der Waals surface area contributed by atoms with E-state index in [0.29, 0.717) is 30.8 Å². The summed E-state index contributed by atoms with van der Waals surface area (Å²) in [4.78, 5) is 0. The SMILES string of the molecule is COc1cc(OC)c(P=C([O-])c2c(C)cc(C)c(C)c2C)c(OC)c1. The fourth-order valence-electron chi connectivity index (χ4n) is 2.87. The van der Waals surface area contributed by atoms with Crippen molar-refractivity contribution >= 4 is 19.0 Å². The number of ether oxygens (including phenoxy) is 3. The standard InChI is InChI=1S/C20H25O4P/c1-11-8-12(2)18(14(4)13(11)3)20(21)25-19-16(23-6)9-15(22-5)10-17(19)24-7/h8-10,21H,1-7H3/p-1. The Hall–Kier alpha value is -2.03. The maximum atomic E-state index is 13.1. The lowest BCUT2D eigenvalue weighted by atomic mass is 9.95. The highest BCUT2D eigenvalue weighted by molar-refractivity contribution is 7.49. The van der Waals surface area contributed by atoms with Crippen LogP contribution >= 0.6 is 8.20 Å². The van der Waals surface area contributed by atoms with Gasteiger partial charge in [-0.2, -0.15) is 0 Å². The van der Waals surface area contributed by atoms with Gasteiger partial charge in [0.2, 0.25) is 0 Å². The number of methoxy groups -OCH3 is 3. The second-order valence-corrected chi connectivity index (χ2v) is 7.01. The molecule has 134 valence electrons. The Morgan fingerprint density at radius 2 is 1.36 bits per heavy atom. The van der Waals surface area contributed by atoms with Gasteiger partial charge in [0, 0.05) is 12.1 Å². The van der Waals surface area contributed by atoms with Gasteiger partial charge in [-0.25, -0.2) is 0 Å². The third-order valence-corrected chi connectivity index (χ3v) is 5.56. The van der Waals surface area contributed by atoms with Gasteiger partial charge >= 0.3 is 0 Å². The third-order valence-electron chi connectivity index (χ3n) is 4.47. The molecule has 0 aliphatic heterocycles. The first-order chi connectivity index (χ1) is 11.8. The molecule has 0 radical (unpaired) electrons. The van der Waals surface area contributed by atoms with Crippen LogP contribution < -0.4 is 24.6 Å². The quantitative estimate of drug-likeness (QED) is 0.770. The van der Waals surface area contributed by atoms with E-state index in [-0.39, 0.29) is 5.48 Å². The summed E-state index contributed by atoms with van der Waals surface area (Å²) in [6.45, 7) is 8.09. The number of aryl methyl sites for hydroxylation is 2. The van der Waals surface area contributed by atoms with Crippen molar-refractivity contribution in [3.8, 4) is 17.2 Å². The van der Waals surface area contributed by atoms with Gasteiger partial charge in [0.15, 0.2) is 0 Å². The van der Waals surface area contributed by atoms with Gasteiger partial charge in [-0.1, -0.05) is 14.3 Å². The molecule has 2 aromatic carbocycles. The van der Waals surface area contributed by atoms with Crippen LogP contribution in [0.2, 0.25) is 0 Å². The molecular formula is C20H24O4P-. The molecule has 0 fully saturated rings. The summed E-state index contributed by atoms with van der Waals surface area (Å²) in [6, 6.07) is 5.59. The van der Waals surface area contributed by atoms with E-state index < -0.39 is 0 Å². The Balaban J connectivity index is 2.67. The van der Waals surface area contributed by atoms with Crippen molar-refractivity contribution in [3.63, 3.8) is 0 Å². The molecular weight excluding hydrogens is 335 g/mol. The molecule has 5 heteroatoms. The van der Waals surface area contributed by atoms with E-state index in [1.807, 2.05) is 20.8 Å². The van der Waals surface area contributed by atoms with Crippen LogP contribution in [-0.2, 0) is 0 Å². The van der Waals surface area contributed by atoms with Crippen molar-refractivity contribution in [2.45, 2.75) is 27.7 Å². The topological polar surface area (TPSA) is 50.8 Å². The van der Waals surface area contributed by atoms with Crippen molar-refractivity contribution in [1.29, 1.82) is 0 Å². The Morgan fingerprint density at radius 3 is 1.84 bits per heavy atom. The zero-order valence-corrected chi connectivity index (χ0v) is 16.7. The largest absolute Gasteiger partial charge is 0.823 e. The van der Waals surface area contributed by atoms with Crippen LogP contribution in [0.1, 0.15) is 27.8 Å². The summed E-state index contributed by atoms with van der Waals surface area (Å²) in [5.41, 5.74) is 5.16. The van der Waals surface area contributed by atoms with E-state index in [0.717, 1.165) is 22.3 Å². The van der Waals surface area contributed by atoms with Crippen molar-refractivity contribution in [3.05, 3.63) is 46.0 Å². The van der Waals surface area contributed by atoms with Crippen molar-refractivity contribution in [1.82, 2.24) is 0 Å². The molecule has 0 aliphatic carbocycles. The van der Waals surface area contributed by atoms with Crippen LogP contribution in [0.25, 0.3) is 0 Å². The summed E-state index contributed by atoms with van der Waals surface area (Å²) >= 11 is 0. The lowest BCUT2D eigenvalue weighted by molar-refractivity contribution is -0.207. The Morgan fingerprint density at radius 1 is 0.800 bits per heavy atom. The Bertz CT molecular complexity index is 800. The fraction of sp³-hybridized carbons (Fsp3) is 0.350. The number of benzene rings is 2. The van der Waals surface area contributed by atoms with Crippen LogP contribution in [0.3, 0.4) is 0 Å². The van der Waals surface area contributed by atoms with Gasteiger partial charge in [-0.05, 0) is 55.5 Å². The molecule has 0 unspecified atom stereocenters. The van der Waals surface area contributed by atoms with Crippen molar-refractivity contribution in [2.75, 3.05) is 21.3 Å². The molecule has 0 N–H and O–H groups in total. The molecule has 0 amide bonds. The second-order valence-electron chi connectivity index (χ2n) is 5.93. The molecule has 0 saturated heterocycles. The van der Waals surface area contributed by atoms with E-state index in [4.69, 9.17) is 14.2 Å². The molecule has 0 aromatic heterocycles. The van der Waals surface area contributed by atoms with Crippen LogP contribution in [-0.4, -0.2) is 26.8 Å². The molecule has 2 aromatic rings. The second kappa shape index (κ2) is 7.90. The van der Waals surface area contributed by atoms with Gasteiger partial charge in [-0.3, -0.25) is 0 Å². The first kappa shape index (κ1) is 19.3. The normalized spacial score (nSPS) is 11.4. The zero-order chi connectivity index (χ0) is 18.7. The Labute approximate surface area is 151 Å². The molecule has 25 heavy (non-hydrogen) atoms. The number of hydrogen-bond donors (Lipinski definition) is 0. The molecule has 0 atom stereocenters. The van der Waals surface area contributed by atoms with Crippen molar-refractivity contribution in [2.24, 2.45) is 0 Å². The van der Waals surface area contributed by atoms with Gasteiger partial charge in [0.25, 0.3) is 0 Å². The molecule has 0 bridgehead atoms. The van der Waals surface area contributed by atoms with Gasteiger partial charge in [-0.15, -0.1) is 5.48 Å². The number of rotatable bonds is 5. The molecule has 0 heterocycles. The molecule has 4 nitrogen and oxygen atoms in total. The van der Waals surface area contributed by atoms with Crippen LogP contribution in [0.5, 0.6) is 17.2 Å². The predicted octanol–water partition coefficient (Wildman–Crippen LogP) is 3.06. The minimum absolute atomic E-state index is 0.0277. The predicted molar refractivity (Wildman–Crippen MR) is 102 cm³/mol. The highest BCUT2D eigenvalue weighted by Crippen LogP contribution is 2.31. The van der Waals surface area contributed by atoms with Crippen LogP contribution in [0, 0.1) is 27.7 Å². The minimum Gasteiger partial charge on any atom is -0.823 e. The Kier molecular flexibility index (Phi) is 6.10. The average molecular weight is 359 g/mol. The minimum atomic E-state index is 0.0277. The highest BCUT2D eigenvalue weighted by Gasteiger charge is 2.13. The molecule has 2 rings (SSSR count). The lowest BCUT2D eigenvalue weighted by Gasteiger charge is -2.22. The third kappa shape index (κ3) is 3.81. The zero-order valence-electron chi connectivity index (χ0n) is 15.8. The van der Waals surface area contributed by atoms with E-state index in [1.54, 1.807) is 33.5 Å². The van der Waals surface area contributed by atoms with E-state index in [9.17, 15) is 5.11 Å². The monoisotopic (exact) mass is 359 g/mol. The van der Waals surface area contributed by atoms with Gasteiger partial charge in [0.1, 0.15) is 17.2 Å². The van der Waals surface area contributed by atoms with Crippen molar-refractivity contribution < 1.29 is 19.3 Å². The molecule has 0 aliphatic rings. The maximum absolute atomic E-state index is 13.1. The first-order valence-electron chi connectivity index (χ1n) is 7.97. The van der Waals surface area contributed by atoms with E-state index >= 15 is 0 Å². The number of hydrogen-bond acceptors (Lipinski definition) is 4. The van der Waals surface area contributed by atoms with Gasteiger partial charge in [0.05, 0.1) is 26.6 Å². The summed E-state index contributed by atoms with van der Waals surface area (Å²) in [6.07, 6.45) is 0. The lowest BCUT2D eigenvalue weighted by Crippen LogP contribution is -2.21. The van der Waals surface area contributed by atoms with Crippen LogP contribution in [0.4, 0.5) is 0 Å². The molecule has 0 spiro atoms. The van der Waals surface area contributed by atoms with E-state index in [1.165, 1.54) is 5.56 Å².